The average molecular weight is 520 g/mol. The first kappa shape index (κ1) is 26.9. The van der Waals surface area contributed by atoms with Crippen molar-refractivity contribution in [2.75, 3.05) is 19.6 Å². The van der Waals surface area contributed by atoms with Gasteiger partial charge in [0.05, 0.1) is 6.04 Å². The van der Waals surface area contributed by atoms with E-state index in [-0.39, 0.29) is 23.9 Å². The third-order valence-electron chi connectivity index (χ3n) is 6.84. The molecule has 1 aromatic carbocycles. The summed E-state index contributed by atoms with van der Waals surface area (Å²) in [6.07, 6.45) is 6.51. The standard InChI is InChI=1S/C29H37N5O2S/c1-19(2)24-15-25(17-30-16-24)21(4)31-11-7-12-32-27(35)22-8-5-9-23(14-22)29(36)34-13-6-10-26(34)28-33-20(3)18-37-28/h5,8-9,14-19,21,26,31H,6-7,10-13H2,1-4H3,(H,32,35). The molecule has 0 saturated carbocycles. The lowest BCUT2D eigenvalue weighted by Crippen LogP contribution is -2.31. The van der Waals surface area contributed by atoms with Crippen LogP contribution < -0.4 is 10.6 Å². The number of nitrogens with one attached hydrogen (secondary N) is 2. The summed E-state index contributed by atoms with van der Waals surface area (Å²) in [6, 6.07) is 9.43. The fourth-order valence-electron chi connectivity index (χ4n) is 4.61. The molecule has 0 aliphatic carbocycles. The van der Waals surface area contributed by atoms with Crippen LogP contribution in [0.3, 0.4) is 0 Å². The van der Waals surface area contributed by atoms with E-state index < -0.39 is 0 Å². The minimum Gasteiger partial charge on any atom is -0.352 e. The van der Waals surface area contributed by atoms with Crippen molar-refractivity contribution in [3.05, 3.63) is 81.1 Å². The molecule has 3 heterocycles. The minimum absolute atomic E-state index is 0.0159. The van der Waals surface area contributed by atoms with Crippen molar-refractivity contribution in [2.45, 2.75) is 65.0 Å². The largest absolute Gasteiger partial charge is 0.352 e. The van der Waals surface area contributed by atoms with Gasteiger partial charge >= 0.3 is 0 Å². The van der Waals surface area contributed by atoms with Crippen molar-refractivity contribution in [2.24, 2.45) is 0 Å². The van der Waals surface area contributed by atoms with Gasteiger partial charge in [-0.05, 0) is 74.9 Å². The van der Waals surface area contributed by atoms with Crippen LogP contribution in [-0.2, 0) is 0 Å². The quantitative estimate of drug-likeness (QED) is 0.349. The summed E-state index contributed by atoms with van der Waals surface area (Å²) < 4.78 is 0. The number of likely N-dealkylation sites (tertiary alicyclic amines) is 1. The van der Waals surface area contributed by atoms with Crippen molar-refractivity contribution in [1.82, 2.24) is 25.5 Å². The number of hydrogen-bond acceptors (Lipinski definition) is 6. The van der Waals surface area contributed by atoms with Gasteiger partial charge in [0.1, 0.15) is 5.01 Å². The molecule has 1 aliphatic heterocycles. The highest BCUT2D eigenvalue weighted by molar-refractivity contribution is 7.09. The van der Waals surface area contributed by atoms with Gasteiger partial charge in [-0.25, -0.2) is 4.98 Å². The summed E-state index contributed by atoms with van der Waals surface area (Å²) in [7, 11) is 0. The second-order valence-corrected chi connectivity index (χ2v) is 10.9. The second-order valence-electron chi connectivity index (χ2n) is 10.1. The summed E-state index contributed by atoms with van der Waals surface area (Å²) in [5.74, 6) is 0.243. The molecule has 1 saturated heterocycles. The van der Waals surface area contributed by atoms with Gasteiger partial charge in [-0.3, -0.25) is 14.6 Å². The SMILES string of the molecule is Cc1csc(C2CCCN2C(=O)c2cccc(C(=O)NCCCNC(C)c3cncc(C(C)C)c3)c2)n1. The van der Waals surface area contributed by atoms with Crippen molar-refractivity contribution < 1.29 is 9.59 Å². The summed E-state index contributed by atoms with van der Waals surface area (Å²) in [4.78, 5) is 37.0. The number of thiazole rings is 1. The Morgan fingerprint density at radius 1 is 1.11 bits per heavy atom. The number of amides is 2. The summed E-state index contributed by atoms with van der Waals surface area (Å²) >= 11 is 1.61. The number of carbonyl (C=O) groups excluding carboxylic acids is 2. The van der Waals surface area contributed by atoms with Crippen LogP contribution in [0, 0.1) is 6.92 Å². The molecule has 2 amide bonds. The number of benzene rings is 1. The van der Waals surface area contributed by atoms with Crippen LogP contribution in [0.2, 0.25) is 0 Å². The zero-order chi connectivity index (χ0) is 26.4. The fraction of sp³-hybridized carbons (Fsp3) is 0.448. The van der Waals surface area contributed by atoms with E-state index in [0.717, 1.165) is 36.5 Å². The van der Waals surface area contributed by atoms with Crippen molar-refractivity contribution in [1.29, 1.82) is 0 Å². The highest BCUT2D eigenvalue weighted by atomic mass is 32.1. The predicted octanol–water partition coefficient (Wildman–Crippen LogP) is 5.42. The Bertz CT molecular complexity index is 1220. The Balaban J connectivity index is 1.27. The number of pyridine rings is 1. The Hall–Kier alpha value is -3.10. The Kier molecular flexibility index (Phi) is 9.05. The van der Waals surface area contributed by atoms with Crippen LogP contribution in [0.4, 0.5) is 0 Å². The maximum absolute atomic E-state index is 13.3. The molecule has 1 fully saturated rings. The molecule has 4 rings (SSSR count). The van der Waals surface area contributed by atoms with Gasteiger partial charge in [0.2, 0.25) is 0 Å². The monoisotopic (exact) mass is 519 g/mol. The van der Waals surface area contributed by atoms with Gasteiger partial charge in [0.15, 0.2) is 0 Å². The van der Waals surface area contributed by atoms with Crippen LogP contribution in [0.1, 0.15) is 101 Å². The van der Waals surface area contributed by atoms with Crippen LogP contribution in [0.5, 0.6) is 0 Å². The molecule has 37 heavy (non-hydrogen) atoms. The molecule has 2 atom stereocenters. The predicted molar refractivity (Wildman–Crippen MR) is 148 cm³/mol. The molecule has 0 bridgehead atoms. The highest BCUT2D eigenvalue weighted by Crippen LogP contribution is 2.34. The lowest BCUT2D eigenvalue weighted by molar-refractivity contribution is 0.0735. The zero-order valence-corrected chi connectivity index (χ0v) is 23.0. The molecule has 3 aromatic rings. The van der Waals surface area contributed by atoms with Gasteiger partial charge in [0.25, 0.3) is 11.8 Å². The lowest BCUT2D eigenvalue weighted by atomic mass is 10.0. The van der Waals surface area contributed by atoms with Crippen LogP contribution in [-0.4, -0.2) is 46.3 Å². The normalized spacial score (nSPS) is 16.2. The molecule has 7 nitrogen and oxygen atoms in total. The molecule has 1 aliphatic rings. The number of carbonyl (C=O) groups is 2. The molecule has 0 radical (unpaired) electrons. The Morgan fingerprint density at radius 3 is 2.65 bits per heavy atom. The first-order valence-corrected chi connectivity index (χ1v) is 14.0. The van der Waals surface area contributed by atoms with Crippen LogP contribution in [0.15, 0.2) is 48.1 Å². The number of rotatable bonds is 10. The van der Waals surface area contributed by atoms with Gasteiger partial charge < -0.3 is 15.5 Å². The Labute approximate surface area is 223 Å². The number of hydrogen-bond donors (Lipinski definition) is 2. The third kappa shape index (κ3) is 6.81. The van der Waals surface area contributed by atoms with E-state index in [0.29, 0.717) is 30.1 Å². The number of aromatic nitrogens is 2. The fourth-order valence-corrected chi connectivity index (χ4v) is 5.55. The number of aryl methyl sites for hydroxylation is 1. The first-order chi connectivity index (χ1) is 17.8. The van der Waals surface area contributed by atoms with Gasteiger partial charge in [-0.1, -0.05) is 26.0 Å². The molecular formula is C29H37N5O2S. The van der Waals surface area contributed by atoms with E-state index in [1.54, 1.807) is 35.6 Å². The Morgan fingerprint density at radius 2 is 1.89 bits per heavy atom. The summed E-state index contributed by atoms with van der Waals surface area (Å²) in [5, 5.41) is 9.51. The van der Waals surface area contributed by atoms with E-state index in [1.165, 1.54) is 11.1 Å². The number of nitrogens with zero attached hydrogens (tertiary/aromatic N) is 3. The third-order valence-corrected chi connectivity index (χ3v) is 7.91. The van der Waals surface area contributed by atoms with Gasteiger partial charge in [0, 0.05) is 53.7 Å². The molecule has 2 aromatic heterocycles. The molecule has 196 valence electrons. The van der Waals surface area contributed by atoms with E-state index in [2.05, 4.69) is 47.4 Å². The van der Waals surface area contributed by atoms with Crippen molar-refractivity contribution >= 4 is 23.2 Å². The average Bonchev–Trinajstić information content (AvgIpc) is 3.57. The first-order valence-electron chi connectivity index (χ1n) is 13.1. The molecule has 0 spiro atoms. The van der Waals surface area contributed by atoms with E-state index in [9.17, 15) is 9.59 Å². The maximum atomic E-state index is 13.3. The topological polar surface area (TPSA) is 87.2 Å². The second kappa shape index (κ2) is 12.4. The molecule has 2 N–H and O–H groups in total. The molecule has 8 heteroatoms. The van der Waals surface area contributed by atoms with E-state index in [4.69, 9.17) is 0 Å². The minimum atomic E-state index is -0.162. The summed E-state index contributed by atoms with van der Waals surface area (Å²) in [6.45, 7) is 10.5. The van der Waals surface area contributed by atoms with Crippen LogP contribution in [0.25, 0.3) is 0 Å². The highest BCUT2D eigenvalue weighted by Gasteiger charge is 2.32. The van der Waals surface area contributed by atoms with Crippen molar-refractivity contribution in [3.63, 3.8) is 0 Å². The lowest BCUT2D eigenvalue weighted by Gasteiger charge is -2.23. The van der Waals surface area contributed by atoms with Crippen molar-refractivity contribution in [3.8, 4) is 0 Å². The van der Waals surface area contributed by atoms with Gasteiger partial charge in [-0.15, -0.1) is 11.3 Å². The van der Waals surface area contributed by atoms with Gasteiger partial charge in [-0.2, -0.15) is 0 Å². The smallest absolute Gasteiger partial charge is 0.254 e. The summed E-state index contributed by atoms with van der Waals surface area (Å²) in [5.41, 5.74) is 4.43. The molecule has 2 unspecified atom stereocenters. The zero-order valence-electron chi connectivity index (χ0n) is 22.2. The maximum Gasteiger partial charge on any atom is 0.254 e. The van der Waals surface area contributed by atoms with E-state index >= 15 is 0 Å². The van der Waals surface area contributed by atoms with E-state index in [1.807, 2.05) is 29.6 Å². The molecular weight excluding hydrogens is 482 g/mol. The van der Waals surface area contributed by atoms with Crippen LogP contribution >= 0.6 is 11.3 Å².